The second kappa shape index (κ2) is 9.22. The van der Waals surface area contributed by atoms with E-state index in [9.17, 15) is 0 Å². The molecule has 1 saturated carbocycles. The molecular formula is C21H32N6. The molecule has 2 aromatic heterocycles. The Kier molecular flexibility index (Phi) is 6.72. The zero-order chi connectivity index (χ0) is 19.2. The average molecular weight is 369 g/mol. The Balaban J connectivity index is 1.61. The van der Waals surface area contributed by atoms with E-state index in [1.165, 1.54) is 32.1 Å². The molecule has 6 nitrogen and oxygen atoms in total. The molecule has 146 valence electrons. The van der Waals surface area contributed by atoms with Gasteiger partial charge in [0.15, 0.2) is 0 Å². The van der Waals surface area contributed by atoms with Gasteiger partial charge < -0.3 is 10.2 Å². The molecule has 3 rings (SSSR count). The Hall–Kier alpha value is -2.08. The lowest BCUT2D eigenvalue weighted by Crippen LogP contribution is -2.34. The van der Waals surface area contributed by atoms with Crippen LogP contribution in [0.4, 0.5) is 5.95 Å². The lowest BCUT2D eigenvalue weighted by molar-refractivity contribution is 0.423. The SMILES string of the molecule is CCc1ncc(CNC(C)c2cnc(N(C)C3CCCCC3)nc2C)cn1. The van der Waals surface area contributed by atoms with Gasteiger partial charge in [0.05, 0.1) is 0 Å². The Morgan fingerprint density at radius 1 is 1.11 bits per heavy atom. The molecule has 0 amide bonds. The molecule has 1 fully saturated rings. The minimum atomic E-state index is 0.171. The van der Waals surface area contributed by atoms with Gasteiger partial charge in [-0.25, -0.2) is 19.9 Å². The van der Waals surface area contributed by atoms with Gasteiger partial charge in [-0.1, -0.05) is 26.2 Å². The van der Waals surface area contributed by atoms with Crippen LogP contribution in [0.5, 0.6) is 0 Å². The summed E-state index contributed by atoms with van der Waals surface area (Å²) in [6.07, 6.45) is 13.1. The Labute approximate surface area is 162 Å². The number of hydrogen-bond acceptors (Lipinski definition) is 6. The predicted molar refractivity (Wildman–Crippen MR) is 109 cm³/mol. The highest BCUT2D eigenvalue weighted by molar-refractivity contribution is 5.34. The first-order valence-electron chi connectivity index (χ1n) is 10.2. The maximum Gasteiger partial charge on any atom is 0.225 e. The lowest BCUT2D eigenvalue weighted by atomic mass is 9.95. The summed E-state index contributed by atoms with van der Waals surface area (Å²) >= 11 is 0. The van der Waals surface area contributed by atoms with Crippen LogP contribution in [0.3, 0.4) is 0 Å². The summed E-state index contributed by atoms with van der Waals surface area (Å²) in [7, 11) is 2.13. The summed E-state index contributed by atoms with van der Waals surface area (Å²) in [4.78, 5) is 20.4. The van der Waals surface area contributed by atoms with Crippen LogP contribution in [-0.2, 0) is 13.0 Å². The number of rotatable bonds is 7. The molecule has 27 heavy (non-hydrogen) atoms. The van der Waals surface area contributed by atoms with Crippen molar-refractivity contribution in [2.24, 2.45) is 0 Å². The van der Waals surface area contributed by atoms with Crippen molar-refractivity contribution in [3.05, 3.63) is 41.2 Å². The van der Waals surface area contributed by atoms with Crippen molar-refractivity contribution in [2.45, 2.75) is 77.9 Å². The van der Waals surface area contributed by atoms with Gasteiger partial charge >= 0.3 is 0 Å². The number of anilines is 1. The van der Waals surface area contributed by atoms with Crippen LogP contribution in [0.1, 0.15) is 74.6 Å². The molecule has 1 N–H and O–H groups in total. The van der Waals surface area contributed by atoms with Crippen LogP contribution in [0, 0.1) is 6.92 Å². The van der Waals surface area contributed by atoms with Crippen LogP contribution in [0.25, 0.3) is 0 Å². The van der Waals surface area contributed by atoms with E-state index in [4.69, 9.17) is 4.98 Å². The summed E-state index contributed by atoms with van der Waals surface area (Å²) in [6.45, 7) is 7.02. The molecule has 2 aromatic rings. The summed E-state index contributed by atoms with van der Waals surface area (Å²) in [5.74, 6) is 1.73. The molecule has 0 radical (unpaired) electrons. The molecule has 0 aromatic carbocycles. The van der Waals surface area contributed by atoms with Crippen molar-refractivity contribution in [1.82, 2.24) is 25.3 Å². The zero-order valence-corrected chi connectivity index (χ0v) is 17.1. The normalized spacial score (nSPS) is 16.3. The molecule has 1 atom stereocenters. The molecule has 1 aliphatic carbocycles. The van der Waals surface area contributed by atoms with E-state index in [1.807, 2.05) is 18.6 Å². The van der Waals surface area contributed by atoms with Gasteiger partial charge in [-0.3, -0.25) is 0 Å². The minimum Gasteiger partial charge on any atom is -0.341 e. The number of aromatic nitrogens is 4. The first kappa shape index (κ1) is 19.7. The highest BCUT2D eigenvalue weighted by Gasteiger charge is 2.21. The molecule has 0 spiro atoms. The maximum atomic E-state index is 4.80. The molecule has 0 bridgehead atoms. The quantitative estimate of drug-likeness (QED) is 0.803. The van der Waals surface area contributed by atoms with E-state index < -0.39 is 0 Å². The van der Waals surface area contributed by atoms with Crippen LogP contribution in [-0.4, -0.2) is 33.0 Å². The van der Waals surface area contributed by atoms with E-state index >= 15 is 0 Å². The van der Waals surface area contributed by atoms with Crippen molar-refractivity contribution >= 4 is 5.95 Å². The Morgan fingerprint density at radius 2 is 1.81 bits per heavy atom. The van der Waals surface area contributed by atoms with Crippen molar-refractivity contribution in [2.75, 3.05) is 11.9 Å². The Bertz CT molecular complexity index is 724. The molecule has 2 heterocycles. The van der Waals surface area contributed by atoms with Gasteiger partial charge in [-0.05, 0) is 26.7 Å². The van der Waals surface area contributed by atoms with E-state index in [2.05, 4.69) is 53.0 Å². The van der Waals surface area contributed by atoms with E-state index in [1.54, 1.807) is 0 Å². The van der Waals surface area contributed by atoms with Crippen LogP contribution in [0.15, 0.2) is 18.6 Å². The van der Waals surface area contributed by atoms with Gasteiger partial charge in [0.25, 0.3) is 0 Å². The first-order chi connectivity index (χ1) is 13.1. The van der Waals surface area contributed by atoms with Gasteiger partial charge in [0.1, 0.15) is 5.82 Å². The fraction of sp³-hybridized carbons (Fsp3) is 0.619. The number of aryl methyl sites for hydroxylation is 2. The van der Waals surface area contributed by atoms with Crippen LogP contribution >= 0.6 is 0 Å². The van der Waals surface area contributed by atoms with Gasteiger partial charge in [-0.2, -0.15) is 0 Å². The van der Waals surface area contributed by atoms with Gasteiger partial charge in [-0.15, -0.1) is 0 Å². The third-order valence-electron chi connectivity index (χ3n) is 5.60. The van der Waals surface area contributed by atoms with E-state index in [0.29, 0.717) is 6.04 Å². The zero-order valence-electron chi connectivity index (χ0n) is 17.1. The van der Waals surface area contributed by atoms with Crippen molar-refractivity contribution in [3.63, 3.8) is 0 Å². The third kappa shape index (κ3) is 5.01. The Morgan fingerprint density at radius 3 is 2.44 bits per heavy atom. The molecule has 0 saturated heterocycles. The van der Waals surface area contributed by atoms with E-state index in [0.717, 1.165) is 41.6 Å². The van der Waals surface area contributed by atoms with E-state index in [-0.39, 0.29) is 6.04 Å². The third-order valence-corrected chi connectivity index (χ3v) is 5.60. The van der Waals surface area contributed by atoms with Gasteiger partial charge in [0, 0.05) is 67.5 Å². The highest BCUT2D eigenvalue weighted by atomic mass is 15.3. The molecule has 1 aliphatic rings. The summed E-state index contributed by atoms with van der Waals surface area (Å²) < 4.78 is 0. The predicted octanol–water partition coefficient (Wildman–Crippen LogP) is 3.76. The maximum absolute atomic E-state index is 4.80. The minimum absolute atomic E-state index is 0.171. The molecule has 0 aliphatic heterocycles. The summed E-state index contributed by atoms with van der Waals surface area (Å²) in [5.41, 5.74) is 3.27. The molecule has 6 heteroatoms. The highest BCUT2D eigenvalue weighted by Crippen LogP contribution is 2.25. The summed E-state index contributed by atoms with van der Waals surface area (Å²) in [6, 6.07) is 0.746. The fourth-order valence-corrected chi connectivity index (χ4v) is 3.73. The van der Waals surface area contributed by atoms with Crippen molar-refractivity contribution in [3.8, 4) is 0 Å². The second-order valence-corrected chi connectivity index (χ2v) is 7.58. The van der Waals surface area contributed by atoms with Crippen LogP contribution in [0.2, 0.25) is 0 Å². The monoisotopic (exact) mass is 368 g/mol. The number of nitrogens with one attached hydrogen (secondary N) is 1. The number of nitrogens with zero attached hydrogens (tertiary/aromatic N) is 5. The van der Waals surface area contributed by atoms with Crippen molar-refractivity contribution in [1.29, 1.82) is 0 Å². The first-order valence-corrected chi connectivity index (χ1v) is 10.2. The fourth-order valence-electron chi connectivity index (χ4n) is 3.73. The lowest BCUT2D eigenvalue weighted by Gasteiger charge is -2.31. The standard InChI is InChI=1S/C21H32N6/c1-5-20-23-12-17(13-24-20)11-22-15(2)19-14-25-21(26-16(19)3)27(4)18-9-7-6-8-10-18/h12-15,18,22H,5-11H2,1-4H3. The molecular weight excluding hydrogens is 336 g/mol. The largest absolute Gasteiger partial charge is 0.341 e. The topological polar surface area (TPSA) is 66.8 Å². The average Bonchev–Trinajstić information content (AvgIpc) is 2.72. The number of hydrogen-bond donors (Lipinski definition) is 1. The van der Waals surface area contributed by atoms with Crippen molar-refractivity contribution < 1.29 is 0 Å². The smallest absolute Gasteiger partial charge is 0.225 e. The second-order valence-electron chi connectivity index (χ2n) is 7.58. The summed E-state index contributed by atoms with van der Waals surface area (Å²) in [5, 5.41) is 3.53. The van der Waals surface area contributed by atoms with Gasteiger partial charge in [0.2, 0.25) is 5.95 Å². The molecule has 1 unspecified atom stereocenters. The van der Waals surface area contributed by atoms with Crippen LogP contribution < -0.4 is 10.2 Å².